The average Bonchev–Trinajstić information content (AvgIpc) is 2.36. The van der Waals surface area contributed by atoms with Crippen molar-refractivity contribution in [1.82, 2.24) is 4.57 Å². The molecule has 5 heteroatoms. The monoisotopic (exact) mass is 329 g/mol. The van der Waals surface area contributed by atoms with Crippen LogP contribution >= 0.6 is 27.5 Å². The first kappa shape index (κ1) is 13.6. The highest BCUT2D eigenvalue weighted by Gasteiger charge is 2.11. The normalized spacial score (nSPS) is 12.9. The first-order chi connectivity index (χ1) is 8.54. The molecule has 0 aliphatic heterocycles. The smallest absolute Gasteiger partial charge is 0.260 e. The number of rotatable bonds is 3. The molecule has 0 N–H and O–H groups in total. The highest BCUT2D eigenvalue weighted by molar-refractivity contribution is 9.10. The van der Waals surface area contributed by atoms with Gasteiger partial charge in [0.2, 0.25) is 0 Å². The van der Waals surface area contributed by atoms with E-state index in [1.165, 1.54) is 0 Å². The third-order valence-electron chi connectivity index (χ3n) is 2.89. The fourth-order valence-corrected chi connectivity index (χ4v) is 2.38. The Balaban J connectivity index is 2.63. The van der Waals surface area contributed by atoms with Crippen molar-refractivity contribution in [2.45, 2.75) is 19.6 Å². The largest absolute Gasteiger partial charge is 0.380 e. The maximum Gasteiger partial charge on any atom is 0.260 e. The zero-order valence-corrected chi connectivity index (χ0v) is 12.5. The molecule has 2 rings (SSSR count). The maximum atomic E-state index is 12.4. The van der Waals surface area contributed by atoms with Crippen molar-refractivity contribution in [2.24, 2.45) is 0 Å². The molecule has 1 atom stereocenters. The number of halogens is 2. The van der Waals surface area contributed by atoms with Crippen molar-refractivity contribution in [3.05, 3.63) is 44.2 Å². The summed E-state index contributed by atoms with van der Waals surface area (Å²) in [5, 5.41) is 1.84. The van der Waals surface area contributed by atoms with Gasteiger partial charge >= 0.3 is 0 Å². The summed E-state index contributed by atoms with van der Waals surface area (Å²) in [5.74, 6) is 0. The lowest BCUT2D eigenvalue weighted by atomic mass is 10.2. The zero-order valence-electron chi connectivity index (χ0n) is 10.1. The molecule has 1 aromatic carbocycles. The molecule has 0 aliphatic carbocycles. The summed E-state index contributed by atoms with van der Waals surface area (Å²) < 4.78 is 7.52. The molecule has 0 bridgehead atoms. The van der Waals surface area contributed by atoms with Crippen LogP contribution in [-0.2, 0) is 11.3 Å². The predicted molar refractivity (Wildman–Crippen MR) is 77.4 cm³/mol. The van der Waals surface area contributed by atoms with Crippen LogP contribution in [0, 0.1) is 0 Å². The topological polar surface area (TPSA) is 31.2 Å². The Morgan fingerprint density at radius 2 is 2.17 bits per heavy atom. The zero-order chi connectivity index (χ0) is 13.3. The molecule has 2 aromatic rings. The minimum Gasteiger partial charge on any atom is -0.380 e. The summed E-state index contributed by atoms with van der Waals surface area (Å²) in [7, 11) is 1.63. The summed E-state index contributed by atoms with van der Waals surface area (Å²) in [6.45, 7) is 2.42. The molecule has 1 aromatic heterocycles. The summed E-state index contributed by atoms with van der Waals surface area (Å²) in [6.07, 6.45) is 1.75. The van der Waals surface area contributed by atoms with E-state index in [0.717, 1.165) is 9.86 Å². The molecule has 18 heavy (non-hydrogen) atoms. The van der Waals surface area contributed by atoms with E-state index in [2.05, 4.69) is 15.9 Å². The number of ether oxygens (including phenoxy) is 1. The van der Waals surface area contributed by atoms with E-state index >= 15 is 0 Å². The van der Waals surface area contributed by atoms with Crippen LogP contribution in [0.2, 0.25) is 5.02 Å². The number of aromatic nitrogens is 1. The van der Waals surface area contributed by atoms with Gasteiger partial charge in [-0.15, -0.1) is 0 Å². The molecule has 0 aliphatic rings. The molecule has 1 heterocycles. The van der Waals surface area contributed by atoms with Gasteiger partial charge in [-0.1, -0.05) is 17.7 Å². The molecule has 96 valence electrons. The van der Waals surface area contributed by atoms with Crippen LogP contribution in [0.15, 0.2) is 33.7 Å². The number of nitrogens with zero attached hydrogens (tertiary/aromatic N) is 1. The van der Waals surface area contributed by atoms with Crippen molar-refractivity contribution >= 4 is 38.3 Å². The van der Waals surface area contributed by atoms with Gasteiger partial charge in [0.1, 0.15) is 0 Å². The van der Waals surface area contributed by atoms with Crippen molar-refractivity contribution in [1.29, 1.82) is 0 Å². The predicted octanol–water partition coefficient (Wildman–Crippen LogP) is 3.45. The van der Waals surface area contributed by atoms with E-state index in [9.17, 15) is 4.79 Å². The van der Waals surface area contributed by atoms with Gasteiger partial charge in [-0.05, 0) is 40.4 Å². The Morgan fingerprint density at radius 1 is 1.44 bits per heavy atom. The number of hydrogen-bond donors (Lipinski definition) is 0. The minimum absolute atomic E-state index is 0.0221. The van der Waals surface area contributed by atoms with E-state index in [1.54, 1.807) is 17.9 Å². The van der Waals surface area contributed by atoms with Crippen LogP contribution in [0.25, 0.3) is 10.8 Å². The van der Waals surface area contributed by atoms with Gasteiger partial charge in [-0.3, -0.25) is 4.79 Å². The third-order valence-corrected chi connectivity index (χ3v) is 4.17. The second kappa shape index (κ2) is 5.43. The molecule has 0 amide bonds. The van der Waals surface area contributed by atoms with E-state index in [-0.39, 0.29) is 11.7 Å². The summed E-state index contributed by atoms with van der Waals surface area (Å²) >= 11 is 9.52. The van der Waals surface area contributed by atoms with E-state index in [0.29, 0.717) is 17.0 Å². The van der Waals surface area contributed by atoms with Gasteiger partial charge in [0.25, 0.3) is 5.56 Å². The molecule has 0 radical (unpaired) electrons. The van der Waals surface area contributed by atoms with Crippen molar-refractivity contribution in [3.63, 3.8) is 0 Å². The lowest BCUT2D eigenvalue weighted by Gasteiger charge is -2.13. The number of benzene rings is 1. The van der Waals surface area contributed by atoms with E-state index in [4.69, 9.17) is 16.3 Å². The minimum atomic E-state index is -0.0947. The number of pyridine rings is 1. The maximum absolute atomic E-state index is 12.4. The van der Waals surface area contributed by atoms with Crippen LogP contribution in [0.3, 0.4) is 0 Å². The van der Waals surface area contributed by atoms with Gasteiger partial charge in [0, 0.05) is 17.8 Å². The molecule has 3 nitrogen and oxygen atoms in total. The fraction of sp³-hybridized carbons (Fsp3) is 0.308. The molecule has 0 saturated carbocycles. The average molecular weight is 331 g/mol. The lowest BCUT2D eigenvalue weighted by molar-refractivity contribution is 0.102. The van der Waals surface area contributed by atoms with Crippen LogP contribution < -0.4 is 5.56 Å². The highest BCUT2D eigenvalue weighted by Crippen LogP contribution is 2.28. The summed E-state index contributed by atoms with van der Waals surface area (Å²) in [6, 6.07) is 5.60. The summed E-state index contributed by atoms with van der Waals surface area (Å²) in [5.41, 5.74) is -0.0947. The van der Waals surface area contributed by atoms with Crippen LogP contribution in [0.1, 0.15) is 6.92 Å². The van der Waals surface area contributed by atoms with Gasteiger partial charge in [-0.25, -0.2) is 0 Å². The highest BCUT2D eigenvalue weighted by atomic mass is 79.9. The molecular weight excluding hydrogens is 318 g/mol. The third kappa shape index (κ3) is 2.46. The second-order valence-electron chi connectivity index (χ2n) is 4.15. The SMILES string of the molecule is COC(C)Cn1ccc2ccc(Br)c(Cl)c2c1=O. The standard InChI is InChI=1S/C13H13BrClNO2/c1-8(18-2)7-16-6-5-9-3-4-10(14)12(15)11(9)13(16)17/h3-6,8H,7H2,1-2H3. The van der Waals surface area contributed by atoms with E-state index < -0.39 is 0 Å². The Morgan fingerprint density at radius 3 is 2.83 bits per heavy atom. The number of hydrogen-bond acceptors (Lipinski definition) is 2. The first-order valence-electron chi connectivity index (χ1n) is 5.54. The molecule has 0 saturated heterocycles. The molecular formula is C13H13BrClNO2. The van der Waals surface area contributed by atoms with E-state index in [1.807, 2.05) is 25.1 Å². The second-order valence-corrected chi connectivity index (χ2v) is 5.38. The van der Waals surface area contributed by atoms with Gasteiger partial charge in [-0.2, -0.15) is 0 Å². The number of methoxy groups -OCH3 is 1. The fourth-order valence-electron chi connectivity index (χ4n) is 1.80. The number of fused-ring (bicyclic) bond motifs is 1. The lowest BCUT2D eigenvalue weighted by Crippen LogP contribution is -2.25. The van der Waals surface area contributed by atoms with Gasteiger partial charge in [0.05, 0.1) is 23.1 Å². The van der Waals surface area contributed by atoms with Crippen LogP contribution in [0.5, 0.6) is 0 Å². The first-order valence-corrected chi connectivity index (χ1v) is 6.71. The van der Waals surface area contributed by atoms with Crippen LogP contribution in [-0.4, -0.2) is 17.8 Å². The molecule has 1 unspecified atom stereocenters. The Hall–Kier alpha value is -0.840. The Labute approximate surface area is 118 Å². The molecule has 0 spiro atoms. The van der Waals surface area contributed by atoms with Crippen molar-refractivity contribution < 1.29 is 4.74 Å². The quantitative estimate of drug-likeness (QED) is 0.863. The van der Waals surface area contributed by atoms with Gasteiger partial charge in [0.15, 0.2) is 0 Å². The van der Waals surface area contributed by atoms with Gasteiger partial charge < -0.3 is 9.30 Å². The summed E-state index contributed by atoms with van der Waals surface area (Å²) in [4.78, 5) is 12.4. The Kier molecular flexibility index (Phi) is 4.10. The van der Waals surface area contributed by atoms with Crippen molar-refractivity contribution in [2.75, 3.05) is 7.11 Å². The van der Waals surface area contributed by atoms with Crippen LogP contribution in [0.4, 0.5) is 0 Å². The molecule has 0 fully saturated rings. The Bertz CT molecular complexity index is 639. The van der Waals surface area contributed by atoms with Crippen molar-refractivity contribution in [3.8, 4) is 0 Å².